The van der Waals surface area contributed by atoms with E-state index in [0.717, 1.165) is 38.3 Å². The standard InChI is InChI=1S/C20H36N4O/c1-6-20(7-2,12-13-25)16-23-19(21-8-3)22-15-17-10-9-11-18(14-17)24(4)5/h9-11,14,25H,6-8,12-13,15-16H2,1-5H3,(H2,21,22,23). The van der Waals surface area contributed by atoms with Crippen LogP contribution >= 0.6 is 0 Å². The molecule has 142 valence electrons. The van der Waals surface area contributed by atoms with Gasteiger partial charge in [-0.3, -0.25) is 0 Å². The van der Waals surface area contributed by atoms with E-state index >= 15 is 0 Å². The molecule has 0 bridgehead atoms. The molecule has 1 aromatic rings. The Kier molecular flexibility index (Phi) is 9.35. The second-order valence-corrected chi connectivity index (χ2v) is 6.79. The summed E-state index contributed by atoms with van der Waals surface area (Å²) in [6, 6.07) is 8.44. The SMILES string of the molecule is CCNC(=NCc1cccc(N(C)C)c1)NCC(CC)(CC)CCO. The Morgan fingerprint density at radius 1 is 1.16 bits per heavy atom. The molecule has 0 heterocycles. The number of aliphatic hydroxyl groups excluding tert-OH is 1. The van der Waals surface area contributed by atoms with Gasteiger partial charge in [0.1, 0.15) is 0 Å². The third-order valence-electron chi connectivity index (χ3n) is 4.96. The van der Waals surface area contributed by atoms with Gasteiger partial charge in [-0.1, -0.05) is 26.0 Å². The molecule has 5 heteroatoms. The Hall–Kier alpha value is -1.75. The van der Waals surface area contributed by atoms with Crippen LogP contribution in [-0.2, 0) is 6.54 Å². The molecule has 1 aromatic carbocycles. The maximum absolute atomic E-state index is 9.38. The Morgan fingerprint density at radius 3 is 2.44 bits per heavy atom. The van der Waals surface area contributed by atoms with Gasteiger partial charge in [-0.25, -0.2) is 4.99 Å². The zero-order valence-electron chi connectivity index (χ0n) is 16.6. The Morgan fingerprint density at radius 2 is 1.88 bits per heavy atom. The summed E-state index contributed by atoms with van der Waals surface area (Å²) in [6.07, 6.45) is 2.90. The van der Waals surface area contributed by atoms with Crippen LogP contribution in [0.25, 0.3) is 0 Å². The molecule has 5 nitrogen and oxygen atoms in total. The lowest BCUT2D eigenvalue weighted by Crippen LogP contribution is -2.43. The van der Waals surface area contributed by atoms with E-state index in [4.69, 9.17) is 4.99 Å². The van der Waals surface area contributed by atoms with E-state index in [-0.39, 0.29) is 12.0 Å². The van der Waals surface area contributed by atoms with Crippen molar-refractivity contribution in [3.05, 3.63) is 29.8 Å². The van der Waals surface area contributed by atoms with E-state index in [1.807, 2.05) is 14.1 Å². The minimum Gasteiger partial charge on any atom is -0.396 e. The fraction of sp³-hybridized carbons (Fsp3) is 0.650. The fourth-order valence-electron chi connectivity index (χ4n) is 2.90. The average Bonchev–Trinajstić information content (AvgIpc) is 2.63. The Labute approximate surface area is 153 Å². The molecule has 0 saturated heterocycles. The first-order valence-corrected chi connectivity index (χ1v) is 9.39. The maximum atomic E-state index is 9.38. The van der Waals surface area contributed by atoms with Crippen LogP contribution in [0.4, 0.5) is 5.69 Å². The summed E-state index contributed by atoms with van der Waals surface area (Å²) in [4.78, 5) is 6.83. The van der Waals surface area contributed by atoms with E-state index in [9.17, 15) is 5.11 Å². The highest BCUT2D eigenvalue weighted by molar-refractivity contribution is 5.79. The van der Waals surface area contributed by atoms with E-state index in [1.54, 1.807) is 0 Å². The number of anilines is 1. The molecular weight excluding hydrogens is 312 g/mol. The highest BCUT2D eigenvalue weighted by atomic mass is 16.3. The minimum absolute atomic E-state index is 0.121. The van der Waals surface area contributed by atoms with Crippen molar-refractivity contribution < 1.29 is 5.11 Å². The maximum Gasteiger partial charge on any atom is 0.191 e. The summed E-state index contributed by atoms with van der Waals surface area (Å²) in [5.41, 5.74) is 2.50. The van der Waals surface area contributed by atoms with Gasteiger partial charge < -0.3 is 20.6 Å². The topological polar surface area (TPSA) is 59.9 Å². The molecule has 0 fully saturated rings. The first-order chi connectivity index (χ1) is 12.0. The number of hydrogen-bond acceptors (Lipinski definition) is 3. The number of rotatable bonds is 10. The second-order valence-electron chi connectivity index (χ2n) is 6.79. The number of guanidine groups is 1. The van der Waals surface area contributed by atoms with E-state index in [2.05, 4.69) is 60.6 Å². The summed E-state index contributed by atoms with van der Waals surface area (Å²) in [7, 11) is 4.09. The van der Waals surface area contributed by atoms with Crippen molar-refractivity contribution in [2.24, 2.45) is 10.4 Å². The lowest BCUT2D eigenvalue weighted by Gasteiger charge is -2.32. The molecule has 0 spiro atoms. The van der Waals surface area contributed by atoms with Crippen molar-refractivity contribution in [1.29, 1.82) is 0 Å². The van der Waals surface area contributed by atoms with Gasteiger partial charge in [0.05, 0.1) is 6.54 Å². The smallest absolute Gasteiger partial charge is 0.191 e. The Bertz CT molecular complexity index is 524. The Balaban J connectivity index is 2.78. The quantitative estimate of drug-likeness (QED) is 0.449. The molecule has 25 heavy (non-hydrogen) atoms. The third kappa shape index (κ3) is 6.94. The van der Waals surface area contributed by atoms with Gasteiger partial charge in [-0.2, -0.15) is 0 Å². The van der Waals surface area contributed by atoms with Crippen LogP contribution in [-0.4, -0.2) is 44.9 Å². The van der Waals surface area contributed by atoms with Gasteiger partial charge >= 0.3 is 0 Å². The predicted molar refractivity (Wildman–Crippen MR) is 108 cm³/mol. The van der Waals surface area contributed by atoms with Crippen LogP contribution in [0.1, 0.15) is 45.6 Å². The molecule has 0 aliphatic heterocycles. The first kappa shape index (κ1) is 21.3. The lowest BCUT2D eigenvalue weighted by atomic mass is 9.79. The molecule has 1 rings (SSSR count). The van der Waals surface area contributed by atoms with E-state index in [1.165, 1.54) is 11.3 Å². The highest BCUT2D eigenvalue weighted by Gasteiger charge is 2.25. The van der Waals surface area contributed by atoms with Gasteiger partial charge in [-0.15, -0.1) is 0 Å². The number of nitrogens with one attached hydrogen (secondary N) is 2. The molecule has 0 unspecified atom stereocenters. The molecule has 0 saturated carbocycles. The van der Waals surface area contributed by atoms with Crippen LogP contribution in [0.15, 0.2) is 29.3 Å². The third-order valence-corrected chi connectivity index (χ3v) is 4.96. The van der Waals surface area contributed by atoms with Crippen LogP contribution in [0.2, 0.25) is 0 Å². The van der Waals surface area contributed by atoms with Crippen LogP contribution in [0.5, 0.6) is 0 Å². The van der Waals surface area contributed by atoms with Gasteiger partial charge in [0.25, 0.3) is 0 Å². The van der Waals surface area contributed by atoms with Crippen molar-refractivity contribution in [2.45, 2.75) is 46.6 Å². The van der Waals surface area contributed by atoms with Crippen molar-refractivity contribution in [3.63, 3.8) is 0 Å². The fourth-order valence-corrected chi connectivity index (χ4v) is 2.90. The summed E-state index contributed by atoms with van der Waals surface area (Å²) in [5.74, 6) is 0.835. The van der Waals surface area contributed by atoms with Crippen LogP contribution < -0.4 is 15.5 Å². The minimum atomic E-state index is 0.121. The van der Waals surface area contributed by atoms with Crippen LogP contribution in [0.3, 0.4) is 0 Å². The summed E-state index contributed by atoms with van der Waals surface area (Å²) in [5, 5.41) is 16.2. The highest BCUT2D eigenvalue weighted by Crippen LogP contribution is 2.29. The average molecular weight is 349 g/mol. The van der Waals surface area contributed by atoms with Crippen molar-refractivity contribution >= 4 is 11.6 Å². The van der Waals surface area contributed by atoms with Gasteiger partial charge in [0, 0.05) is 39.5 Å². The zero-order valence-corrected chi connectivity index (χ0v) is 16.6. The molecule has 0 atom stereocenters. The first-order valence-electron chi connectivity index (χ1n) is 9.39. The molecule has 0 aliphatic rings. The summed E-state index contributed by atoms with van der Waals surface area (Å²) < 4.78 is 0. The molecule has 0 aromatic heterocycles. The number of aliphatic imine (C=N–C) groups is 1. The van der Waals surface area contributed by atoms with Crippen molar-refractivity contribution in [1.82, 2.24) is 10.6 Å². The molecular formula is C20H36N4O. The largest absolute Gasteiger partial charge is 0.396 e. The van der Waals surface area contributed by atoms with Crippen molar-refractivity contribution in [2.75, 3.05) is 38.7 Å². The lowest BCUT2D eigenvalue weighted by molar-refractivity contribution is 0.169. The second kappa shape index (κ2) is 11.0. The number of benzene rings is 1. The number of hydrogen-bond donors (Lipinski definition) is 3. The van der Waals surface area contributed by atoms with Gasteiger partial charge in [0.2, 0.25) is 0 Å². The molecule has 0 radical (unpaired) electrons. The molecule has 0 amide bonds. The number of aliphatic hydroxyl groups is 1. The normalized spacial score (nSPS) is 12.2. The number of nitrogens with zero attached hydrogens (tertiary/aromatic N) is 2. The molecule has 3 N–H and O–H groups in total. The van der Waals surface area contributed by atoms with Crippen molar-refractivity contribution in [3.8, 4) is 0 Å². The molecule has 0 aliphatic carbocycles. The summed E-state index contributed by atoms with van der Waals surface area (Å²) >= 11 is 0. The monoisotopic (exact) mass is 348 g/mol. The van der Waals surface area contributed by atoms with E-state index in [0.29, 0.717) is 6.54 Å². The van der Waals surface area contributed by atoms with Crippen LogP contribution in [0, 0.1) is 5.41 Å². The predicted octanol–water partition coefficient (Wildman–Crippen LogP) is 3.00. The van der Waals surface area contributed by atoms with Gasteiger partial charge in [0.15, 0.2) is 5.96 Å². The van der Waals surface area contributed by atoms with E-state index < -0.39 is 0 Å². The zero-order chi connectivity index (χ0) is 18.7. The summed E-state index contributed by atoms with van der Waals surface area (Å²) in [6.45, 7) is 8.98. The van der Waals surface area contributed by atoms with Gasteiger partial charge in [-0.05, 0) is 49.3 Å².